The number of esters is 1. The number of benzene rings is 2. The van der Waals surface area contributed by atoms with Gasteiger partial charge < -0.3 is 14.5 Å². The summed E-state index contributed by atoms with van der Waals surface area (Å²) in [6.07, 6.45) is 0.704. The van der Waals surface area contributed by atoms with Crippen molar-refractivity contribution in [3.8, 4) is 0 Å². The summed E-state index contributed by atoms with van der Waals surface area (Å²) in [4.78, 5) is 34.3. The number of anilines is 1. The van der Waals surface area contributed by atoms with Crippen LogP contribution in [0.25, 0.3) is 0 Å². The van der Waals surface area contributed by atoms with E-state index in [-0.39, 0.29) is 6.61 Å². The van der Waals surface area contributed by atoms with Crippen LogP contribution >= 0.6 is 11.6 Å². The van der Waals surface area contributed by atoms with Crippen molar-refractivity contribution in [2.45, 2.75) is 26.3 Å². The summed E-state index contributed by atoms with van der Waals surface area (Å²) in [7, 11) is 1.64. The molecule has 1 unspecified atom stereocenters. The van der Waals surface area contributed by atoms with Crippen LogP contribution in [0.5, 0.6) is 0 Å². The Balaban J connectivity index is 1.89. The summed E-state index contributed by atoms with van der Waals surface area (Å²) in [5, 5.41) is 0.528. The Morgan fingerprint density at radius 1 is 1.16 bits per heavy atom. The van der Waals surface area contributed by atoms with E-state index in [0.29, 0.717) is 28.4 Å². The van der Waals surface area contributed by atoms with E-state index in [2.05, 4.69) is 23.7 Å². The van der Waals surface area contributed by atoms with Gasteiger partial charge in [-0.1, -0.05) is 55.8 Å². The van der Waals surface area contributed by atoms with E-state index < -0.39 is 17.9 Å². The number of aliphatic imine (C=N–C) groups is 1. The largest absolute Gasteiger partial charge is 0.464 e. The number of amides is 1. The summed E-state index contributed by atoms with van der Waals surface area (Å²) >= 11 is 6.25. The molecule has 31 heavy (non-hydrogen) atoms. The number of carbonyl (C=O) groups excluding carboxylic acids is 2. The highest BCUT2D eigenvalue weighted by Crippen LogP contribution is 2.30. The standard InChI is InChI=1S/C24H28ClN3O3/c1-4-28(5-2)14-9-15-31-24(30)22-23(29)27(3)20-13-12-18(25)16-19(20)21(26-22)17-10-7-6-8-11-17/h6-8,10-13,16,22H,4-5,9,14-15H2,1-3H3. The van der Waals surface area contributed by atoms with Crippen molar-refractivity contribution < 1.29 is 14.3 Å². The third kappa shape index (κ3) is 5.32. The molecule has 0 aliphatic carbocycles. The van der Waals surface area contributed by atoms with Gasteiger partial charge in [0.1, 0.15) is 0 Å². The molecule has 1 aliphatic rings. The highest BCUT2D eigenvalue weighted by molar-refractivity contribution is 6.32. The van der Waals surface area contributed by atoms with E-state index in [1.807, 2.05) is 30.3 Å². The third-order valence-electron chi connectivity index (χ3n) is 5.43. The van der Waals surface area contributed by atoms with Crippen LogP contribution in [0.1, 0.15) is 31.4 Å². The maximum atomic E-state index is 13.1. The number of nitrogens with zero attached hydrogens (tertiary/aromatic N) is 3. The number of likely N-dealkylation sites (N-methyl/N-ethyl adjacent to an activating group) is 1. The van der Waals surface area contributed by atoms with E-state index in [4.69, 9.17) is 16.3 Å². The Bertz CT molecular complexity index is 958. The highest BCUT2D eigenvalue weighted by atomic mass is 35.5. The van der Waals surface area contributed by atoms with Gasteiger partial charge in [-0.3, -0.25) is 9.79 Å². The van der Waals surface area contributed by atoms with E-state index in [9.17, 15) is 9.59 Å². The van der Waals surface area contributed by atoms with Gasteiger partial charge in [-0.05, 0) is 37.7 Å². The molecule has 3 rings (SSSR count). The van der Waals surface area contributed by atoms with Crippen molar-refractivity contribution in [1.29, 1.82) is 0 Å². The molecule has 0 saturated carbocycles. The zero-order valence-corrected chi connectivity index (χ0v) is 18.9. The van der Waals surface area contributed by atoms with Crippen LogP contribution < -0.4 is 4.90 Å². The molecule has 2 aromatic rings. The Hall–Kier alpha value is -2.70. The van der Waals surface area contributed by atoms with Crippen molar-refractivity contribution in [2.24, 2.45) is 4.99 Å². The number of hydrogen-bond acceptors (Lipinski definition) is 5. The minimum Gasteiger partial charge on any atom is -0.464 e. The van der Waals surface area contributed by atoms with Gasteiger partial charge in [-0.25, -0.2) is 4.79 Å². The number of hydrogen-bond donors (Lipinski definition) is 0. The van der Waals surface area contributed by atoms with E-state index in [1.54, 1.807) is 25.2 Å². The predicted octanol–water partition coefficient (Wildman–Crippen LogP) is 3.80. The van der Waals surface area contributed by atoms with Crippen LogP contribution in [0, 0.1) is 0 Å². The fourth-order valence-corrected chi connectivity index (χ4v) is 3.78. The van der Waals surface area contributed by atoms with Crippen LogP contribution in [0.3, 0.4) is 0 Å². The van der Waals surface area contributed by atoms with Crippen molar-refractivity contribution in [3.05, 3.63) is 64.7 Å². The fourth-order valence-electron chi connectivity index (χ4n) is 3.61. The molecule has 1 atom stereocenters. The monoisotopic (exact) mass is 441 g/mol. The van der Waals surface area contributed by atoms with Gasteiger partial charge in [0.15, 0.2) is 0 Å². The molecule has 0 saturated heterocycles. The predicted molar refractivity (Wildman–Crippen MR) is 124 cm³/mol. The second kappa shape index (κ2) is 10.6. The smallest absolute Gasteiger partial charge is 0.340 e. The molecule has 6 nitrogen and oxygen atoms in total. The molecule has 164 valence electrons. The van der Waals surface area contributed by atoms with Crippen LogP contribution in [0.2, 0.25) is 5.02 Å². The van der Waals surface area contributed by atoms with Crippen molar-refractivity contribution in [2.75, 3.05) is 38.2 Å². The first-order valence-electron chi connectivity index (χ1n) is 10.6. The quantitative estimate of drug-likeness (QED) is 0.355. The minimum absolute atomic E-state index is 0.248. The Labute approximate surface area is 188 Å². The van der Waals surface area contributed by atoms with Crippen LogP contribution in [0.15, 0.2) is 53.5 Å². The fraction of sp³-hybridized carbons (Fsp3) is 0.375. The lowest BCUT2D eigenvalue weighted by atomic mass is 10.0. The maximum absolute atomic E-state index is 13.1. The zero-order valence-electron chi connectivity index (χ0n) is 18.2. The summed E-state index contributed by atoms with van der Waals surface area (Å²) in [6, 6.07) is 13.5. The van der Waals surface area contributed by atoms with Crippen molar-refractivity contribution in [1.82, 2.24) is 4.90 Å². The Morgan fingerprint density at radius 3 is 2.55 bits per heavy atom. The first-order chi connectivity index (χ1) is 15.0. The van der Waals surface area contributed by atoms with E-state index >= 15 is 0 Å². The molecular formula is C24H28ClN3O3. The van der Waals surface area contributed by atoms with Gasteiger partial charge in [-0.2, -0.15) is 0 Å². The molecule has 1 heterocycles. The van der Waals surface area contributed by atoms with Crippen LogP contribution in [-0.4, -0.2) is 61.8 Å². The number of benzodiazepines with no additional fused rings is 1. The van der Waals surface area contributed by atoms with Gasteiger partial charge in [0.25, 0.3) is 5.91 Å². The van der Waals surface area contributed by atoms with Crippen molar-refractivity contribution >= 4 is 34.9 Å². The lowest BCUT2D eigenvalue weighted by molar-refractivity contribution is -0.147. The highest BCUT2D eigenvalue weighted by Gasteiger charge is 2.35. The zero-order chi connectivity index (χ0) is 22.4. The molecule has 1 amide bonds. The molecule has 0 N–H and O–H groups in total. The second-order valence-electron chi connectivity index (χ2n) is 7.35. The number of ether oxygens (including phenoxy) is 1. The SMILES string of the molecule is CCN(CC)CCCOC(=O)C1N=C(c2ccccc2)c2cc(Cl)ccc2N(C)C1=O. The van der Waals surface area contributed by atoms with Crippen molar-refractivity contribution in [3.63, 3.8) is 0 Å². The Morgan fingerprint density at radius 2 is 1.87 bits per heavy atom. The number of rotatable bonds is 8. The van der Waals surface area contributed by atoms with E-state index in [1.165, 1.54) is 4.90 Å². The molecule has 0 aromatic heterocycles. The lowest BCUT2D eigenvalue weighted by Gasteiger charge is -2.20. The first-order valence-corrected chi connectivity index (χ1v) is 10.9. The topological polar surface area (TPSA) is 62.2 Å². The minimum atomic E-state index is -1.26. The third-order valence-corrected chi connectivity index (χ3v) is 5.66. The van der Waals surface area contributed by atoms with Gasteiger partial charge in [0.2, 0.25) is 6.04 Å². The lowest BCUT2D eigenvalue weighted by Crippen LogP contribution is -2.40. The average molecular weight is 442 g/mol. The van der Waals surface area contributed by atoms with E-state index in [0.717, 1.165) is 25.2 Å². The molecule has 1 aliphatic heterocycles. The molecule has 0 radical (unpaired) electrons. The molecule has 0 bridgehead atoms. The van der Waals surface area contributed by atoms with Crippen LogP contribution in [-0.2, 0) is 14.3 Å². The molecule has 0 fully saturated rings. The Kier molecular flexibility index (Phi) is 7.82. The van der Waals surface area contributed by atoms with Gasteiger partial charge in [-0.15, -0.1) is 0 Å². The van der Waals surface area contributed by atoms with Gasteiger partial charge in [0.05, 0.1) is 18.0 Å². The van der Waals surface area contributed by atoms with Gasteiger partial charge in [0, 0.05) is 29.7 Å². The summed E-state index contributed by atoms with van der Waals surface area (Å²) in [5.41, 5.74) is 2.69. The summed E-state index contributed by atoms with van der Waals surface area (Å²) in [5.74, 6) is -1.06. The second-order valence-corrected chi connectivity index (χ2v) is 7.79. The van der Waals surface area contributed by atoms with Crippen LogP contribution in [0.4, 0.5) is 5.69 Å². The molecule has 2 aromatic carbocycles. The molecule has 7 heteroatoms. The normalized spacial score (nSPS) is 16.0. The number of halogens is 1. The first kappa shape index (κ1) is 23.0. The maximum Gasteiger partial charge on any atom is 0.340 e. The summed E-state index contributed by atoms with van der Waals surface area (Å²) in [6.45, 7) is 7.17. The number of fused-ring (bicyclic) bond motifs is 1. The summed E-state index contributed by atoms with van der Waals surface area (Å²) < 4.78 is 5.46. The van der Waals surface area contributed by atoms with Gasteiger partial charge >= 0.3 is 5.97 Å². The molecule has 0 spiro atoms. The number of carbonyl (C=O) groups is 2. The molecular weight excluding hydrogens is 414 g/mol. The average Bonchev–Trinajstić information content (AvgIpc) is 2.89.